The Morgan fingerprint density at radius 3 is 2.56 bits per heavy atom. The molecule has 0 unspecified atom stereocenters. The van der Waals surface area contributed by atoms with Gasteiger partial charge < -0.3 is 9.42 Å². The minimum Gasteiger partial charge on any atom is -0.342 e. The van der Waals surface area contributed by atoms with Gasteiger partial charge in [0.2, 0.25) is 11.8 Å². The van der Waals surface area contributed by atoms with Crippen LogP contribution < -0.4 is 0 Å². The monoisotopic (exact) mass is 339 g/mol. The first-order valence-corrected chi connectivity index (χ1v) is 9.30. The lowest BCUT2D eigenvalue weighted by Crippen LogP contribution is -2.39. The average molecular weight is 339 g/mol. The van der Waals surface area contributed by atoms with Crippen LogP contribution in [0.25, 0.3) is 0 Å². The summed E-state index contributed by atoms with van der Waals surface area (Å²) < 4.78 is 5.43. The van der Waals surface area contributed by atoms with E-state index in [2.05, 4.69) is 48.3 Å². The van der Waals surface area contributed by atoms with Gasteiger partial charge in [0.1, 0.15) is 0 Å². The van der Waals surface area contributed by atoms with E-state index >= 15 is 0 Å². The van der Waals surface area contributed by atoms with Crippen molar-refractivity contribution in [3.8, 4) is 0 Å². The molecule has 1 aromatic carbocycles. The molecule has 132 valence electrons. The Labute approximate surface area is 148 Å². The Kier molecular flexibility index (Phi) is 4.32. The van der Waals surface area contributed by atoms with Gasteiger partial charge in [-0.2, -0.15) is 4.98 Å². The maximum atomic E-state index is 12.8. The second-order valence-corrected chi connectivity index (χ2v) is 7.60. The Morgan fingerprint density at radius 2 is 1.92 bits per heavy atom. The van der Waals surface area contributed by atoms with E-state index in [1.165, 1.54) is 5.56 Å². The van der Waals surface area contributed by atoms with Gasteiger partial charge in [0, 0.05) is 30.8 Å². The number of aromatic nitrogens is 2. The third kappa shape index (κ3) is 3.32. The third-order valence-electron chi connectivity index (χ3n) is 5.47. The normalized spacial score (nSPS) is 23.9. The second kappa shape index (κ2) is 6.62. The predicted molar refractivity (Wildman–Crippen MR) is 94.2 cm³/mol. The van der Waals surface area contributed by atoms with Crippen molar-refractivity contribution in [2.24, 2.45) is 5.92 Å². The average Bonchev–Trinajstić information content (AvgIpc) is 3.29. The fourth-order valence-electron chi connectivity index (χ4n) is 3.77. The van der Waals surface area contributed by atoms with Crippen LogP contribution in [-0.4, -0.2) is 34.0 Å². The van der Waals surface area contributed by atoms with Crippen molar-refractivity contribution in [2.45, 2.75) is 50.9 Å². The molecule has 2 atom stereocenters. The van der Waals surface area contributed by atoms with Crippen LogP contribution in [-0.2, 0) is 4.79 Å². The quantitative estimate of drug-likeness (QED) is 0.852. The lowest BCUT2D eigenvalue weighted by Gasteiger charge is -2.30. The minimum absolute atomic E-state index is 0.176. The number of rotatable bonds is 4. The summed E-state index contributed by atoms with van der Waals surface area (Å²) in [5, 5.41) is 4.06. The molecule has 1 aliphatic heterocycles. The van der Waals surface area contributed by atoms with Crippen LogP contribution in [0.3, 0.4) is 0 Å². The molecule has 2 fully saturated rings. The van der Waals surface area contributed by atoms with Crippen molar-refractivity contribution in [2.75, 3.05) is 13.1 Å². The molecular formula is C20H25N3O2. The maximum absolute atomic E-state index is 12.8. The third-order valence-corrected chi connectivity index (χ3v) is 5.47. The molecule has 1 saturated heterocycles. The summed E-state index contributed by atoms with van der Waals surface area (Å²) in [6.45, 7) is 5.71. The molecule has 2 aromatic rings. The van der Waals surface area contributed by atoms with Crippen LogP contribution in [0, 0.1) is 5.92 Å². The van der Waals surface area contributed by atoms with E-state index in [9.17, 15) is 4.79 Å². The number of carbonyl (C=O) groups excluding carboxylic acids is 1. The van der Waals surface area contributed by atoms with E-state index in [4.69, 9.17) is 4.52 Å². The molecule has 0 radical (unpaired) electrons. The minimum atomic E-state index is 0.176. The van der Waals surface area contributed by atoms with E-state index in [1.54, 1.807) is 0 Å². The molecule has 1 aliphatic carbocycles. The molecule has 2 aliphatic rings. The van der Waals surface area contributed by atoms with Crippen molar-refractivity contribution in [3.63, 3.8) is 0 Å². The molecular weight excluding hydrogens is 314 g/mol. The second-order valence-electron chi connectivity index (χ2n) is 7.60. The van der Waals surface area contributed by atoms with Crippen molar-refractivity contribution in [1.82, 2.24) is 15.0 Å². The Balaban J connectivity index is 1.32. The van der Waals surface area contributed by atoms with Gasteiger partial charge >= 0.3 is 0 Å². The number of likely N-dealkylation sites (tertiary alicyclic amines) is 1. The van der Waals surface area contributed by atoms with Gasteiger partial charge in [-0.05, 0) is 30.7 Å². The topological polar surface area (TPSA) is 59.2 Å². The maximum Gasteiger partial charge on any atom is 0.229 e. The van der Waals surface area contributed by atoms with Crippen LogP contribution in [0.4, 0.5) is 0 Å². The Morgan fingerprint density at radius 1 is 1.20 bits per heavy atom. The molecule has 1 saturated carbocycles. The number of hydrogen-bond acceptors (Lipinski definition) is 4. The molecule has 25 heavy (non-hydrogen) atoms. The van der Waals surface area contributed by atoms with Gasteiger partial charge in [-0.15, -0.1) is 0 Å². The van der Waals surface area contributed by atoms with Crippen LogP contribution in [0.5, 0.6) is 0 Å². The zero-order chi connectivity index (χ0) is 17.4. The molecule has 0 spiro atoms. The van der Waals surface area contributed by atoms with E-state index in [1.807, 2.05) is 11.0 Å². The first-order chi connectivity index (χ1) is 12.1. The van der Waals surface area contributed by atoms with Crippen LogP contribution in [0.15, 0.2) is 34.9 Å². The van der Waals surface area contributed by atoms with Gasteiger partial charge in [-0.1, -0.05) is 49.3 Å². The molecule has 0 bridgehead atoms. The van der Waals surface area contributed by atoms with Crippen molar-refractivity contribution >= 4 is 5.91 Å². The van der Waals surface area contributed by atoms with Gasteiger partial charge in [0.25, 0.3) is 0 Å². The number of nitrogens with zero attached hydrogens (tertiary/aromatic N) is 3. The molecule has 5 nitrogen and oxygen atoms in total. The molecule has 1 aromatic heterocycles. The Bertz CT molecular complexity index is 732. The van der Waals surface area contributed by atoms with E-state index in [0.717, 1.165) is 44.1 Å². The van der Waals surface area contributed by atoms with Crippen LogP contribution in [0.2, 0.25) is 0 Å². The lowest BCUT2D eigenvalue weighted by molar-refractivity contribution is -0.133. The van der Waals surface area contributed by atoms with Gasteiger partial charge in [-0.3, -0.25) is 4.79 Å². The summed E-state index contributed by atoms with van der Waals surface area (Å²) >= 11 is 0. The van der Waals surface area contributed by atoms with Crippen molar-refractivity contribution in [1.29, 1.82) is 0 Å². The van der Waals surface area contributed by atoms with Gasteiger partial charge in [0.05, 0.1) is 0 Å². The van der Waals surface area contributed by atoms with Crippen LogP contribution in [0.1, 0.15) is 68.1 Å². The van der Waals surface area contributed by atoms with E-state index < -0.39 is 0 Å². The first kappa shape index (κ1) is 16.3. The summed E-state index contributed by atoms with van der Waals surface area (Å²) in [6.07, 6.45) is 2.81. The van der Waals surface area contributed by atoms with Crippen LogP contribution >= 0.6 is 0 Å². The highest BCUT2D eigenvalue weighted by Gasteiger charge is 2.46. The summed E-state index contributed by atoms with van der Waals surface area (Å²) in [4.78, 5) is 19.3. The SMILES string of the molecule is CC(C)c1noc(C2CCN(C(=O)[C@@H]3C[C@@H]3c3ccccc3)CC2)n1. The standard InChI is InChI=1S/C20H25N3O2/c1-13(2)18-21-19(25-22-18)15-8-10-23(11-9-15)20(24)17-12-16(17)14-6-4-3-5-7-14/h3-7,13,15-17H,8-12H2,1-2H3/t16-,17-/m1/s1. The lowest BCUT2D eigenvalue weighted by atomic mass is 9.96. The molecule has 0 N–H and O–H groups in total. The highest BCUT2D eigenvalue weighted by Crippen LogP contribution is 2.48. The fourth-order valence-corrected chi connectivity index (χ4v) is 3.77. The molecule has 5 heteroatoms. The van der Waals surface area contributed by atoms with E-state index in [0.29, 0.717) is 11.8 Å². The van der Waals surface area contributed by atoms with Gasteiger partial charge in [0.15, 0.2) is 5.82 Å². The summed E-state index contributed by atoms with van der Waals surface area (Å²) in [5.41, 5.74) is 1.29. The van der Waals surface area contributed by atoms with Gasteiger partial charge in [-0.25, -0.2) is 0 Å². The van der Waals surface area contributed by atoms with E-state index in [-0.39, 0.29) is 17.8 Å². The van der Waals surface area contributed by atoms with Crippen molar-refractivity contribution in [3.05, 3.63) is 47.6 Å². The van der Waals surface area contributed by atoms with Crippen molar-refractivity contribution < 1.29 is 9.32 Å². The molecule has 2 heterocycles. The fraction of sp³-hybridized carbons (Fsp3) is 0.550. The number of carbonyl (C=O) groups is 1. The molecule has 4 rings (SSSR count). The predicted octanol–water partition coefficient (Wildman–Crippen LogP) is 3.70. The Hall–Kier alpha value is -2.17. The number of benzene rings is 1. The largest absolute Gasteiger partial charge is 0.342 e. The number of hydrogen-bond donors (Lipinski definition) is 0. The zero-order valence-electron chi connectivity index (χ0n) is 14.9. The summed E-state index contributed by atoms with van der Waals surface area (Å²) in [7, 11) is 0. The summed E-state index contributed by atoms with van der Waals surface area (Å²) in [5.74, 6) is 2.99. The first-order valence-electron chi connectivity index (χ1n) is 9.30. The summed E-state index contributed by atoms with van der Waals surface area (Å²) in [6, 6.07) is 10.4. The smallest absolute Gasteiger partial charge is 0.229 e. The zero-order valence-corrected chi connectivity index (χ0v) is 14.9. The highest BCUT2D eigenvalue weighted by molar-refractivity contribution is 5.83. The number of amides is 1. The number of piperidine rings is 1. The molecule has 1 amide bonds. The highest BCUT2D eigenvalue weighted by atomic mass is 16.5.